The highest BCUT2D eigenvalue weighted by atomic mass is 32.1. The molecule has 3 aromatic rings. The molecule has 0 spiro atoms. The fourth-order valence-corrected chi connectivity index (χ4v) is 4.62. The largest absolute Gasteiger partial charge is 0.354 e. The molecule has 0 saturated carbocycles. The van der Waals surface area contributed by atoms with Crippen LogP contribution in [-0.2, 0) is 11.3 Å². The summed E-state index contributed by atoms with van der Waals surface area (Å²) in [6.07, 6.45) is 3.16. The van der Waals surface area contributed by atoms with Gasteiger partial charge in [0.05, 0.1) is 6.54 Å². The first-order valence-corrected chi connectivity index (χ1v) is 10.8. The minimum atomic E-state index is -0.0613. The van der Waals surface area contributed by atoms with Crippen molar-refractivity contribution in [1.82, 2.24) is 19.9 Å². The van der Waals surface area contributed by atoms with Crippen molar-refractivity contribution in [3.8, 4) is 0 Å². The summed E-state index contributed by atoms with van der Waals surface area (Å²) in [6, 6.07) is 10.0. The molecule has 0 bridgehead atoms. The number of piperidine rings is 1. The van der Waals surface area contributed by atoms with E-state index < -0.39 is 0 Å². The summed E-state index contributed by atoms with van der Waals surface area (Å²) in [5.41, 5.74) is 1.50. The third kappa shape index (κ3) is 4.32. The number of benzene rings is 1. The predicted molar refractivity (Wildman–Crippen MR) is 115 cm³/mol. The first-order valence-electron chi connectivity index (χ1n) is 9.96. The maximum Gasteiger partial charge on any atom is 0.273 e. The maximum atomic E-state index is 12.9. The van der Waals surface area contributed by atoms with Gasteiger partial charge in [0, 0.05) is 25.0 Å². The van der Waals surface area contributed by atoms with Crippen LogP contribution in [0.2, 0.25) is 0 Å². The third-order valence-corrected chi connectivity index (χ3v) is 6.23. The van der Waals surface area contributed by atoms with Crippen LogP contribution in [0.25, 0.3) is 10.3 Å². The molecule has 3 heterocycles. The van der Waals surface area contributed by atoms with E-state index in [0.29, 0.717) is 16.9 Å². The molecule has 4 rings (SSSR count). The smallest absolute Gasteiger partial charge is 0.273 e. The maximum absolute atomic E-state index is 12.9. The van der Waals surface area contributed by atoms with Gasteiger partial charge in [-0.1, -0.05) is 41.7 Å². The van der Waals surface area contributed by atoms with E-state index in [1.807, 2.05) is 44.2 Å². The Morgan fingerprint density at radius 3 is 2.66 bits per heavy atom. The lowest BCUT2D eigenvalue weighted by atomic mass is 9.96. The number of thiazole rings is 1. The molecule has 2 aromatic heterocycles. The Hall–Kier alpha value is -2.74. The van der Waals surface area contributed by atoms with Crippen molar-refractivity contribution < 1.29 is 4.79 Å². The van der Waals surface area contributed by atoms with Gasteiger partial charge in [-0.15, -0.1) is 0 Å². The van der Waals surface area contributed by atoms with E-state index in [9.17, 15) is 9.59 Å². The lowest BCUT2D eigenvalue weighted by molar-refractivity contribution is -0.126. The second kappa shape index (κ2) is 8.32. The van der Waals surface area contributed by atoms with Gasteiger partial charge in [0.15, 0.2) is 10.8 Å². The van der Waals surface area contributed by atoms with Gasteiger partial charge in [-0.05, 0) is 32.3 Å². The average Bonchev–Trinajstić information content (AvgIpc) is 3.16. The Bertz CT molecular complexity index is 1050. The molecule has 1 aromatic carbocycles. The second-order valence-electron chi connectivity index (χ2n) is 7.74. The average molecular weight is 412 g/mol. The molecular weight excluding hydrogens is 386 g/mol. The number of amides is 1. The molecule has 0 aliphatic carbocycles. The molecule has 0 radical (unpaired) electrons. The number of carbonyl (C=O) groups excluding carboxylic acids is 1. The number of nitrogens with zero attached hydrogens (tertiary/aromatic N) is 4. The Balaban J connectivity index is 1.49. The molecule has 7 nitrogen and oxygen atoms in total. The van der Waals surface area contributed by atoms with E-state index in [1.54, 1.807) is 10.9 Å². The number of hydrogen-bond donors (Lipinski definition) is 1. The van der Waals surface area contributed by atoms with Gasteiger partial charge in [-0.3, -0.25) is 14.2 Å². The van der Waals surface area contributed by atoms with Crippen molar-refractivity contribution in [3.05, 3.63) is 52.6 Å². The standard InChI is InChI=1S/C21H25N5O2S/c1-14(2)23-19(27)16-8-10-25(11-9-16)21-24-18-17(29-21)20(28)26(13-22-18)12-15-6-4-3-5-7-15/h3-7,13-14,16H,8-12H2,1-2H3,(H,23,27). The van der Waals surface area contributed by atoms with Crippen LogP contribution in [-0.4, -0.2) is 39.6 Å². The Morgan fingerprint density at radius 2 is 1.97 bits per heavy atom. The molecular formula is C21H25N5O2S. The minimum absolute atomic E-state index is 0.0456. The summed E-state index contributed by atoms with van der Waals surface area (Å²) >= 11 is 1.39. The zero-order valence-electron chi connectivity index (χ0n) is 16.7. The predicted octanol–water partition coefficient (Wildman–Crippen LogP) is 2.64. The SMILES string of the molecule is CC(C)NC(=O)C1CCN(c2nc3ncn(Cc4ccccc4)c(=O)c3s2)CC1. The number of aromatic nitrogens is 3. The summed E-state index contributed by atoms with van der Waals surface area (Å²) in [6.45, 7) is 5.96. The lowest BCUT2D eigenvalue weighted by Crippen LogP contribution is -2.42. The first-order chi connectivity index (χ1) is 14.0. The van der Waals surface area contributed by atoms with Gasteiger partial charge in [0.1, 0.15) is 11.0 Å². The van der Waals surface area contributed by atoms with Crippen molar-refractivity contribution in [2.24, 2.45) is 5.92 Å². The summed E-state index contributed by atoms with van der Waals surface area (Å²) in [4.78, 5) is 36.3. The van der Waals surface area contributed by atoms with E-state index in [4.69, 9.17) is 0 Å². The summed E-state index contributed by atoms with van der Waals surface area (Å²) < 4.78 is 2.21. The molecule has 1 amide bonds. The normalized spacial score (nSPS) is 15.2. The van der Waals surface area contributed by atoms with E-state index in [-0.39, 0.29) is 23.4 Å². The fraction of sp³-hybridized carbons (Fsp3) is 0.429. The Labute approximate surface area is 173 Å². The van der Waals surface area contributed by atoms with Crippen molar-refractivity contribution in [2.75, 3.05) is 18.0 Å². The van der Waals surface area contributed by atoms with Crippen LogP contribution in [0.15, 0.2) is 41.5 Å². The molecule has 0 atom stereocenters. The van der Waals surface area contributed by atoms with Gasteiger partial charge < -0.3 is 10.2 Å². The fourth-order valence-electron chi connectivity index (χ4n) is 3.60. The number of carbonyl (C=O) groups is 1. The van der Waals surface area contributed by atoms with Gasteiger partial charge in [-0.2, -0.15) is 4.98 Å². The van der Waals surface area contributed by atoms with Crippen LogP contribution < -0.4 is 15.8 Å². The highest BCUT2D eigenvalue weighted by molar-refractivity contribution is 7.22. The number of nitrogens with one attached hydrogen (secondary N) is 1. The van der Waals surface area contributed by atoms with Crippen molar-refractivity contribution in [3.63, 3.8) is 0 Å². The highest BCUT2D eigenvalue weighted by Gasteiger charge is 2.27. The highest BCUT2D eigenvalue weighted by Crippen LogP contribution is 2.29. The van der Waals surface area contributed by atoms with E-state index in [1.165, 1.54) is 11.3 Å². The van der Waals surface area contributed by atoms with Crippen LogP contribution >= 0.6 is 11.3 Å². The van der Waals surface area contributed by atoms with E-state index >= 15 is 0 Å². The monoisotopic (exact) mass is 411 g/mol. The molecule has 1 aliphatic heterocycles. The van der Waals surface area contributed by atoms with Gasteiger partial charge in [0.25, 0.3) is 5.56 Å². The van der Waals surface area contributed by atoms with Crippen LogP contribution in [0, 0.1) is 5.92 Å². The molecule has 1 saturated heterocycles. The van der Waals surface area contributed by atoms with Crippen LogP contribution in [0.5, 0.6) is 0 Å². The molecule has 29 heavy (non-hydrogen) atoms. The van der Waals surface area contributed by atoms with Crippen LogP contribution in [0.1, 0.15) is 32.3 Å². The van der Waals surface area contributed by atoms with E-state index in [0.717, 1.165) is 36.6 Å². The molecule has 0 unspecified atom stereocenters. The Morgan fingerprint density at radius 1 is 1.24 bits per heavy atom. The molecule has 1 N–H and O–H groups in total. The minimum Gasteiger partial charge on any atom is -0.354 e. The summed E-state index contributed by atoms with van der Waals surface area (Å²) in [7, 11) is 0. The zero-order chi connectivity index (χ0) is 20.4. The van der Waals surface area contributed by atoms with Crippen molar-refractivity contribution >= 4 is 32.7 Å². The lowest BCUT2D eigenvalue weighted by Gasteiger charge is -2.31. The number of hydrogen-bond acceptors (Lipinski definition) is 6. The van der Waals surface area contributed by atoms with Crippen LogP contribution in [0.3, 0.4) is 0 Å². The zero-order valence-corrected chi connectivity index (χ0v) is 17.5. The quantitative estimate of drug-likeness (QED) is 0.698. The molecule has 1 aliphatic rings. The van der Waals surface area contributed by atoms with Gasteiger partial charge in [-0.25, -0.2) is 4.98 Å². The third-order valence-electron chi connectivity index (χ3n) is 5.14. The first kappa shape index (κ1) is 19.6. The Kier molecular flexibility index (Phi) is 5.62. The summed E-state index contributed by atoms with van der Waals surface area (Å²) in [5.74, 6) is 0.179. The molecule has 1 fully saturated rings. The number of rotatable bonds is 5. The summed E-state index contributed by atoms with van der Waals surface area (Å²) in [5, 5.41) is 3.81. The van der Waals surface area contributed by atoms with Crippen LogP contribution in [0.4, 0.5) is 5.13 Å². The van der Waals surface area contributed by atoms with Crippen molar-refractivity contribution in [2.45, 2.75) is 39.3 Å². The number of fused-ring (bicyclic) bond motifs is 1. The second-order valence-corrected chi connectivity index (χ2v) is 8.71. The molecule has 8 heteroatoms. The van der Waals surface area contributed by atoms with Gasteiger partial charge in [0.2, 0.25) is 5.91 Å². The topological polar surface area (TPSA) is 80.1 Å². The van der Waals surface area contributed by atoms with Gasteiger partial charge >= 0.3 is 0 Å². The van der Waals surface area contributed by atoms with E-state index in [2.05, 4.69) is 20.2 Å². The molecule has 152 valence electrons. The van der Waals surface area contributed by atoms with Crippen molar-refractivity contribution in [1.29, 1.82) is 0 Å². The number of anilines is 1.